The molecule has 0 spiro atoms. The molecule has 0 heterocycles. The molecule has 1 rings (SSSR count). The Bertz CT molecular complexity index is 484. The van der Waals surface area contributed by atoms with E-state index in [0.717, 1.165) is 0 Å². The molecule has 0 aliphatic rings. The lowest BCUT2D eigenvalue weighted by atomic mass is 10.0. The summed E-state index contributed by atoms with van der Waals surface area (Å²) in [4.78, 5) is 0. The van der Waals surface area contributed by atoms with Gasteiger partial charge in [-0.25, -0.2) is 8.42 Å². The molecule has 102 valence electrons. The Morgan fingerprint density at radius 1 is 1.39 bits per heavy atom. The predicted molar refractivity (Wildman–Crippen MR) is 79.7 cm³/mol. The number of aryl methyl sites for hydroxylation is 1. The van der Waals surface area contributed by atoms with Crippen LogP contribution in [0.15, 0.2) is 24.3 Å². The molecule has 1 aromatic rings. The largest absolute Gasteiger partial charge is 0.327 e. The van der Waals surface area contributed by atoms with Crippen LogP contribution in [-0.2, 0) is 9.84 Å². The number of hydrogen-bond donors (Lipinski definition) is 1. The van der Waals surface area contributed by atoms with Crippen LogP contribution in [0.4, 0.5) is 0 Å². The minimum Gasteiger partial charge on any atom is -0.327 e. The van der Waals surface area contributed by atoms with Gasteiger partial charge in [-0.15, -0.1) is 0 Å². The standard InChI is InChI=1S/C13H21NO2S2/c1-10-5-4-6-12(9-10)13(11(2)14)17-7-8-18(3,15)16/h4-6,9,11,13H,7-8,14H2,1-3H3. The van der Waals surface area contributed by atoms with Gasteiger partial charge >= 0.3 is 0 Å². The molecule has 2 atom stereocenters. The van der Waals surface area contributed by atoms with Crippen LogP contribution in [0.1, 0.15) is 23.3 Å². The quantitative estimate of drug-likeness (QED) is 0.871. The highest BCUT2D eigenvalue weighted by molar-refractivity contribution is 8.00. The first-order valence-electron chi connectivity index (χ1n) is 5.91. The van der Waals surface area contributed by atoms with Gasteiger partial charge < -0.3 is 5.73 Å². The molecule has 0 amide bonds. The maximum atomic E-state index is 11.1. The zero-order valence-corrected chi connectivity index (χ0v) is 12.7. The molecule has 0 aliphatic heterocycles. The van der Waals surface area contributed by atoms with Crippen LogP contribution in [0.3, 0.4) is 0 Å². The molecule has 0 fully saturated rings. The number of benzene rings is 1. The van der Waals surface area contributed by atoms with E-state index in [1.807, 2.05) is 26.0 Å². The SMILES string of the molecule is Cc1cccc(C(SCCS(C)(=O)=O)C(C)N)c1. The summed E-state index contributed by atoms with van der Waals surface area (Å²) in [6.07, 6.45) is 1.26. The van der Waals surface area contributed by atoms with Crippen molar-refractivity contribution in [2.24, 2.45) is 5.73 Å². The normalized spacial score (nSPS) is 15.3. The summed E-state index contributed by atoms with van der Waals surface area (Å²) >= 11 is 1.61. The van der Waals surface area contributed by atoms with Gasteiger partial charge in [0.05, 0.1) is 5.75 Å². The van der Waals surface area contributed by atoms with E-state index >= 15 is 0 Å². The molecule has 0 aliphatic carbocycles. The van der Waals surface area contributed by atoms with Crippen LogP contribution in [0, 0.1) is 6.92 Å². The van der Waals surface area contributed by atoms with E-state index in [1.54, 1.807) is 11.8 Å². The number of thioether (sulfide) groups is 1. The lowest BCUT2D eigenvalue weighted by Crippen LogP contribution is -2.23. The van der Waals surface area contributed by atoms with Crippen LogP contribution in [0.2, 0.25) is 0 Å². The maximum Gasteiger partial charge on any atom is 0.148 e. The molecule has 0 saturated heterocycles. The molecular formula is C13H21NO2S2. The third-order valence-corrected chi connectivity index (χ3v) is 5.30. The van der Waals surface area contributed by atoms with Crippen molar-refractivity contribution in [1.29, 1.82) is 0 Å². The Balaban J connectivity index is 2.72. The van der Waals surface area contributed by atoms with Gasteiger partial charge in [-0.1, -0.05) is 29.8 Å². The van der Waals surface area contributed by atoms with E-state index in [1.165, 1.54) is 17.4 Å². The van der Waals surface area contributed by atoms with Crippen molar-refractivity contribution in [1.82, 2.24) is 0 Å². The van der Waals surface area contributed by atoms with Gasteiger partial charge in [0.2, 0.25) is 0 Å². The van der Waals surface area contributed by atoms with Crippen molar-refractivity contribution < 1.29 is 8.42 Å². The monoisotopic (exact) mass is 287 g/mol. The Morgan fingerprint density at radius 2 is 2.06 bits per heavy atom. The van der Waals surface area contributed by atoms with E-state index in [9.17, 15) is 8.42 Å². The number of rotatable bonds is 6. The van der Waals surface area contributed by atoms with Crippen molar-refractivity contribution in [2.45, 2.75) is 25.1 Å². The van der Waals surface area contributed by atoms with E-state index in [2.05, 4.69) is 12.1 Å². The molecule has 0 saturated carbocycles. The van der Waals surface area contributed by atoms with Crippen LogP contribution in [-0.4, -0.2) is 32.2 Å². The molecule has 3 nitrogen and oxygen atoms in total. The zero-order chi connectivity index (χ0) is 13.8. The summed E-state index contributed by atoms with van der Waals surface area (Å²) in [5.74, 6) is 0.783. The van der Waals surface area contributed by atoms with Gasteiger partial charge in [-0.05, 0) is 19.4 Å². The van der Waals surface area contributed by atoms with Crippen molar-refractivity contribution >= 4 is 21.6 Å². The topological polar surface area (TPSA) is 60.2 Å². The van der Waals surface area contributed by atoms with E-state index in [-0.39, 0.29) is 17.0 Å². The second-order valence-electron chi connectivity index (χ2n) is 4.69. The summed E-state index contributed by atoms with van der Waals surface area (Å²) < 4.78 is 22.3. The molecule has 2 N–H and O–H groups in total. The van der Waals surface area contributed by atoms with Crippen molar-refractivity contribution in [2.75, 3.05) is 17.8 Å². The number of nitrogens with two attached hydrogens (primary N) is 1. The molecule has 2 unspecified atom stereocenters. The van der Waals surface area contributed by atoms with Crippen LogP contribution < -0.4 is 5.73 Å². The predicted octanol–water partition coefficient (Wildman–Crippen LogP) is 2.16. The first kappa shape index (κ1) is 15.5. The van der Waals surface area contributed by atoms with Crippen molar-refractivity contribution in [3.8, 4) is 0 Å². The molecule has 0 aromatic heterocycles. The van der Waals surface area contributed by atoms with Gasteiger partial charge in [0.15, 0.2) is 0 Å². The zero-order valence-electron chi connectivity index (χ0n) is 11.1. The van der Waals surface area contributed by atoms with Crippen molar-refractivity contribution in [3.63, 3.8) is 0 Å². The second kappa shape index (κ2) is 6.59. The Hall–Kier alpha value is -0.520. The summed E-state index contributed by atoms with van der Waals surface area (Å²) in [6.45, 7) is 4.00. The maximum absolute atomic E-state index is 11.1. The van der Waals surface area contributed by atoms with Crippen LogP contribution in [0.25, 0.3) is 0 Å². The highest BCUT2D eigenvalue weighted by Crippen LogP contribution is 2.31. The highest BCUT2D eigenvalue weighted by atomic mass is 32.2. The molecular weight excluding hydrogens is 266 g/mol. The molecule has 1 aromatic carbocycles. The fourth-order valence-corrected chi connectivity index (χ4v) is 4.22. The molecule has 18 heavy (non-hydrogen) atoms. The molecule has 0 radical (unpaired) electrons. The third-order valence-electron chi connectivity index (χ3n) is 2.60. The summed E-state index contributed by atoms with van der Waals surface area (Å²) in [5.41, 5.74) is 8.36. The average molecular weight is 287 g/mol. The first-order chi connectivity index (χ1) is 8.29. The Kier molecular flexibility index (Phi) is 5.69. The van der Waals surface area contributed by atoms with Crippen LogP contribution in [0.5, 0.6) is 0 Å². The first-order valence-corrected chi connectivity index (χ1v) is 9.02. The highest BCUT2D eigenvalue weighted by Gasteiger charge is 2.17. The Labute approximate surface area is 114 Å². The van der Waals surface area contributed by atoms with Gasteiger partial charge in [0.25, 0.3) is 0 Å². The number of sulfone groups is 1. The van der Waals surface area contributed by atoms with E-state index in [0.29, 0.717) is 5.75 Å². The number of hydrogen-bond acceptors (Lipinski definition) is 4. The van der Waals surface area contributed by atoms with Crippen molar-refractivity contribution in [3.05, 3.63) is 35.4 Å². The Morgan fingerprint density at radius 3 is 2.56 bits per heavy atom. The third kappa shape index (κ3) is 5.42. The fraction of sp³-hybridized carbons (Fsp3) is 0.538. The van der Waals surface area contributed by atoms with E-state index in [4.69, 9.17) is 5.73 Å². The summed E-state index contributed by atoms with van der Waals surface area (Å²) in [6, 6.07) is 8.21. The smallest absolute Gasteiger partial charge is 0.148 e. The minimum absolute atomic E-state index is 0.00337. The van der Waals surface area contributed by atoms with Gasteiger partial charge in [-0.3, -0.25) is 0 Å². The van der Waals surface area contributed by atoms with Crippen LogP contribution >= 0.6 is 11.8 Å². The molecule has 5 heteroatoms. The van der Waals surface area contributed by atoms with Gasteiger partial charge in [0, 0.05) is 23.3 Å². The summed E-state index contributed by atoms with van der Waals surface area (Å²) in [7, 11) is -2.90. The lowest BCUT2D eigenvalue weighted by Gasteiger charge is -2.21. The fourth-order valence-electron chi connectivity index (χ4n) is 1.73. The molecule has 0 bridgehead atoms. The second-order valence-corrected chi connectivity index (χ2v) is 8.20. The minimum atomic E-state index is -2.90. The average Bonchev–Trinajstić information content (AvgIpc) is 2.22. The van der Waals surface area contributed by atoms with E-state index < -0.39 is 9.84 Å². The lowest BCUT2D eigenvalue weighted by molar-refractivity contribution is 0.603. The van der Waals surface area contributed by atoms with Gasteiger partial charge in [0.1, 0.15) is 9.84 Å². The summed E-state index contributed by atoms with van der Waals surface area (Å²) in [5, 5.41) is 0.145. The van der Waals surface area contributed by atoms with Gasteiger partial charge in [-0.2, -0.15) is 11.8 Å².